The molecule has 0 spiro atoms. The van der Waals surface area contributed by atoms with Gasteiger partial charge in [-0.25, -0.2) is 0 Å². The Bertz CT molecular complexity index is 878. The van der Waals surface area contributed by atoms with Gasteiger partial charge in [-0.15, -0.1) is 0 Å². The number of aliphatic imine (C=N–C) groups is 1. The summed E-state index contributed by atoms with van der Waals surface area (Å²) in [7, 11) is 1.13. The van der Waals surface area contributed by atoms with Crippen molar-refractivity contribution in [3.05, 3.63) is 47.0 Å². The summed E-state index contributed by atoms with van der Waals surface area (Å²) >= 11 is 0. The maximum atomic E-state index is 9.60. The van der Waals surface area contributed by atoms with E-state index in [1.54, 1.807) is 25.5 Å². The molecule has 0 unspecified atom stereocenters. The first-order chi connectivity index (χ1) is 14.1. The van der Waals surface area contributed by atoms with Gasteiger partial charge in [0.15, 0.2) is 5.75 Å². The molecule has 7 heteroatoms. The van der Waals surface area contributed by atoms with E-state index in [4.69, 9.17) is 13.9 Å². The van der Waals surface area contributed by atoms with Crippen LogP contribution in [0.5, 0.6) is 17.2 Å². The van der Waals surface area contributed by atoms with Crippen molar-refractivity contribution in [2.24, 2.45) is 4.99 Å². The Labute approximate surface area is 180 Å². The largest absolute Gasteiger partial charge is 0.541 e. The average Bonchev–Trinajstić information content (AvgIpc) is 2.70. The van der Waals surface area contributed by atoms with Crippen LogP contribution < -0.4 is 13.9 Å². The minimum Gasteiger partial charge on any atom is -0.541 e. The van der Waals surface area contributed by atoms with Gasteiger partial charge in [0.05, 0.1) is 33.1 Å². The van der Waals surface area contributed by atoms with Gasteiger partial charge in [0, 0.05) is 17.8 Å². The molecule has 0 saturated heterocycles. The second kappa shape index (κ2) is 9.64. The fourth-order valence-corrected chi connectivity index (χ4v) is 3.71. The molecule has 0 amide bonds. The summed E-state index contributed by atoms with van der Waals surface area (Å²) in [4.78, 5) is 4.53. The van der Waals surface area contributed by atoms with Gasteiger partial charge in [0.2, 0.25) is 0 Å². The highest BCUT2D eigenvalue weighted by Gasteiger charge is 2.39. The van der Waals surface area contributed by atoms with E-state index < -0.39 is 8.32 Å². The van der Waals surface area contributed by atoms with Gasteiger partial charge in [-0.3, -0.25) is 4.99 Å². The maximum Gasteiger partial charge on any atom is 0.250 e. The maximum absolute atomic E-state index is 9.60. The van der Waals surface area contributed by atoms with E-state index in [0.717, 1.165) is 5.56 Å². The number of benzene rings is 2. The van der Waals surface area contributed by atoms with Crippen molar-refractivity contribution in [1.82, 2.24) is 0 Å². The monoisotopic (exact) mass is 431 g/mol. The summed E-state index contributed by atoms with van der Waals surface area (Å²) in [5.74, 6) is 1.89. The predicted molar refractivity (Wildman–Crippen MR) is 123 cm³/mol. The minimum absolute atomic E-state index is 0.0633. The van der Waals surface area contributed by atoms with Crippen molar-refractivity contribution in [1.29, 1.82) is 0 Å². The van der Waals surface area contributed by atoms with E-state index in [1.807, 2.05) is 18.2 Å². The summed E-state index contributed by atoms with van der Waals surface area (Å²) in [5, 5.41) is 19.2. The topological polar surface area (TPSA) is 80.5 Å². The Balaban J connectivity index is 2.39. The van der Waals surface area contributed by atoms with Gasteiger partial charge in [0.25, 0.3) is 8.32 Å². The number of hydrogen-bond donors (Lipinski definition) is 2. The number of rotatable bonds is 8. The van der Waals surface area contributed by atoms with Crippen LogP contribution >= 0.6 is 0 Å². The van der Waals surface area contributed by atoms with E-state index in [0.29, 0.717) is 34.1 Å². The lowest BCUT2D eigenvalue weighted by atomic mass is 10.1. The van der Waals surface area contributed by atoms with Gasteiger partial charge in [-0.2, -0.15) is 0 Å². The van der Waals surface area contributed by atoms with Gasteiger partial charge in [-0.05, 0) is 53.5 Å². The van der Waals surface area contributed by atoms with Crippen LogP contribution in [-0.2, 0) is 13.2 Å². The zero-order valence-corrected chi connectivity index (χ0v) is 19.9. The van der Waals surface area contributed by atoms with Crippen molar-refractivity contribution in [2.45, 2.75) is 52.1 Å². The highest BCUT2D eigenvalue weighted by Crippen LogP contribution is 2.40. The molecule has 0 atom stereocenters. The summed E-state index contributed by atoms with van der Waals surface area (Å²) < 4.78 is 17.3. The molecule has 30 heavy (non-hydrogen) atoms. The Morgan fingerprint density at radius 1 is 0.933 bits per heavy atom. The molecular weight excluding hydrogens is 398 g/mol. The molecule has 0 aliphatic carbocycles. The molecule has 2 aromatic carbocycles. The van der Waals surface area contributed by atoms with Crippen molar-refractivity contribution in [3.8, 4) is 17.2 Å². The van der Waals surface area contributed by atoms with Crippen LogP contribution in [0.2, 0.25) is 18.1 Å². The predicted octanol–water partition coefficient (Wildman–Crippen LogP) is 4.82. The molecule has 0 radical (unpaired) electrons. The van der Waals surface area contributed by atoms with Crippen LogP contribution in [0.1, 0.15) is 37.5 Å². The van der Waals surface area contributed by atoms with Crippen molar-refractivity contribution in [2.75, 3.05) is 14.2 Å². The summed E-state index contributed by atoms with van der Waals surface area (Å²) in [6.07, 6.45) is 1.73. The smallest absolute Gasteiger partial charge is 0.250 e. The molecule has 2 N–H and O–H groups in total. The Morgan fingerprint density at radius 3 is 2.13 bits per heavy atom. The molecule has 2 aromatic rings. The first-order valence-electron chi connectivity index (χ1n) is 9.89. The van der Waals surface area contributed by atoms with Gasteiger partial charge in [-0.1, -0.05) is 20.8 Å². The molecule has 6 nitrogen and oxygen atoms in total. The normalized spacial score (nSPS) is 12.3. The number of hydrogen-bond acceptors (Lipinski definition) is 6. The highest BCUT2D eigenvalue weighted by atomic mass is 28.4. The first-order valence-corrected chi connectivity index (χ1v) is 12.8. The Kier molecular flexibility index (Phi) is 7.68. The van der Waals surface area contributed by atoms with Crippen LogP contribution in [0.3, 0.4) is 0 Å². The molecule has 0 aromatic heterocycles. The van der Waals surface area contributed by atoms with Crippen LogP contribution in [0, 0.1) is 0 Å². The number of nitrogens with zero attached hydrogens (tertiary/aromatic N) is 1. The SMILES string of the molecule is COc1ccc(C=Nc2cc(CO)c(CO)c(OC)c2)cc1O[Si](C)(C)C(C)(C)C. The van der Waals surface area contributed by atoms with E-state index in [2.05, 4.69) is 38.9 Å². The molecule has 0 heterocycles. The van der Waals surface area contributed by atoms with Crippen LogP contribution in [0.25, 0.3) is 0 Å². The van der Waals surface area contributed by atoms with Gasteiger partial charge < -0.3 is 24.1 Å². The third-order valence-electron chi connectivity index (χ3n) is 5.56. The zero-order chi connectivity index (χ0) is 22.5. The average molecular weight is 432 g/mol. The minimum atomic E-state index is -2.03. The lowest BCUT2D eigenvalue weighted by molar-refractivity contribution is 0.254. The van der Waals surface area contributed by atoms with E-state index in [-0.39, 0.29) is 18.3 Å². The second-order valence-electron chi connectivity index (χ2n) is 8.63. The molecule has 164 valence electrons. The fraction of sp³-hybridized carbons (Fsp3) is 0.435. The molecule has 0 aliphatic heterocycles. The zero-order valence-electron chi connectivity index (χ0n) is 18.9. The lowest BCUT2D eigenvalue weighted by Crippen LogP contribution is -2.43. The molecule has 0 saturated carbocycles. The molecule has 0 fully saturated rings. The Morgan fingerprint density at radius 2 is 1.60 bits per heavy atom. The number of methoxy groups -OCH3 is 2. The first kappa shape index (κ1) is 23.9. The third-order valence-corrected chi connectivity index (χ3v) is 9.90. The second-order valence-corrected chi connectivity index (χ2v) is 13.4. The van der Waals surface area contributed by atoms with E-state index >= 15 is 0 Å². The van der Waals surface area contributed by atoms with Crippen molar-refractivity contribution in [3.63, 3.8) is 0 Å². The molecule has 2 rings (SSSR count). The quantitative estimate of drug-likeness (QED) is 0.462. The number of aliphatic hydroxyl groups is 2. The standard InChI is InChI=1S/C23H33NO5Si/c1-23(2,3)30(6,7)29-22-10-16(8-9-20(22)27-4)13-24-18-11-17(14-25)19(15-26)21(12-18)28-5/h8-13,25-26H,14-15H2,1-7H3. The van der Waals surface area contributed by atoms with E-state index in [1.165, 1.54) is 7.11 Å². The fourth-order valence-electron chi connectivity index (χ4n) is 2.69. The summed E-state index contributed by atoms with van der Waals surface area (Å²) in [5.41, 5.74) is 2.63. The van der Waals surface area contributed by atoms with Crippen molar-refractivity contribution >= 4 is 20.2 Å². The highest BCUT2D eigenvalue weighted by molar-refractivity contribution is 6.74. The summed E-state index contributed by atoms with van der Waals surface area (Å²) in [6, 6.07) is 9.18. The van der Waals surface area contributed by atoms with E-state index in [9.17, 15) is 10.2 Å². The van der Waals surface area contributed by atoms with Crippen molar-refractivity contribution < 1.29 is 24.1 Å². The molecule has 0 aliphatic rings. The number of ether oxygens (including phenoxy) is 2. The number of aliphatic hydroxyl groups excluding tert-OH is 2. The Hall–Kier alpha value is -2.35. The van der Waals surface area contributed by atoms with Gasteiger partial charge in [0.1, 0.15) is 11.5 Å². The van der Waals surface area contributed by atoms with Crippen LogP contribution in [0.15, 0.2) is 35.3 Å². The van der Waals surface area contributed by atoms with Crippen LogP contribution in [-0.4, -0.2) is 39.0 Å². The molecule has 0 bridgehead atoms. The third kappa shape index (κ3) is 5.41. The summed E-state index contributed by atoms with van der Waals surface area (Å²) in [6.45, 7) is 10.5. The molecular formula is C23H33NO5Si. The lowest BCUT2D eigenvalue weighted by Gasteiger charge is -2.36. The van der Waals surface area contributed by atoms with Crippen LogP contribution in [0.4, 0.5) is 5.69 Å². The van der Waals surface area contributed by atoms with Gasteiger partial charge >= 0.3 is 0 Å².